The fourth-order valence-corrected chi connectivity index (χ4v) is 4.28. The normalized spacial score (nSPS) is 13.8. The minimum Gasteiger partial charge on any atom is -0.481 e. The topological polar surface area (TPSA) is 75.7 Å². The third kappa shape index (κ3) is 3.85. The molecule has 30 heavy (non-hydrogen) atoms. The summed E-state index contributed by atoms with van der Waals surface area (Å²) in [5, 5.41) is 5.28. The highest BCUT2D eigenvalue weighted by molar-refractivity contribution is 7.92. The van der Waals surface area contributed by atoms with Gasteiger partial charge in [0.25, 0.3) is 5.91 Å². The molecule has 6 nitrogen and oxygen atoms in total. The van der Waals surface area contributed by atoms with Crippen molar-refractivity contribution in [2.75, 3.05) is 22.9 Å². The van der Waals surface area contributed by atoms with Gasteiger partial charge in [0.15, 0.2) is 6.10 Å². The van der Waals surface area contributed by atoms with Crippen LogP contribution in [0.25, 0.3) is 10.8 Å². The summed E-state index contributed by atoms with van der Waals surface area (Å²) in [5.41, 5.74) is 3.95. The Kier molecular flexibility index (Phi) is 5.15. The molecule has 0 saturated carbocycles. The molecule has 7 heteroatoms. The first-order valence-corrected chi connectivity index (χ1v) is 11.6. The van der Waals surface area contributed by atoms with Crippen molar-refractivity contribution >= 4 is 38.1 Å². The van der Waals surface area contributed by atoms with E-state index in [4.69, 9.17) is 4.74 Å². The van der Waals surface area contributed by atoms with E-state index in [1.165, 1.54) is 27.9 Å². The van der Waals surface area contributed by atoms with Crippen LogP contribution in [0.1, 0.15) is 18.1 Å². The molecule has 156 valence electrons. The van der Waals surface area contributed by atoms with Crippen molar-refractivity contribution < 1.29 is 17.9 Å². The van der Waals surface area contributed by atoms with Gasteiger partial charge >= 0.3 is 0 Å². The van der Waals surface area contributed by atoms with E-state index in [1.54, 1.807) is 31.2 Å². The maximum atomic E-state index is 12.7. The molecule has 0 heterocycles. The van der Waals surface area contributed by atoms with Crippen LogP contribution in [0.15, 0.2) is 54.6 Å². The highest BCUT2D eigenvalue weighted by Crippen LogP contribution is 2.35. The van der Waals surface area contributed by atoms with Gasteiger partial charge in [-0.2, -0.15) is 0 Å². The summed E-state index contributed by atoms with van der Waals surface area (Å²) >= 11 is 0. The molecule has 0 saturated heterocycles. The van der Waals surface area contributed by atoms with Gasteiger partial charge in [-0.25, -0.2) is 8.42 Å². The molecule has 3 aromatic rings. The van der Waals surface area contributed by atoms with Crippen LogP contribution in [-0.4, -0.2) is 33.7 Å². The quantitative estimate of drug-likeness (QED) is 0.654. The molecule has 1 N–H and O–H groups in total. The zero-order valence-electron chi connectivity index (χ0n) is 17.2. The lowest BCUT2D eigenvalue weighted by Crippen LogP contribution is -2.30. The van der Waals surface area contributed by atoms with E-state index >= 15 is 0 Å². The molecule has 1 atom stereocenters. The van der Waals surface area contributed by atoms with Gasteiger partial charge < -0.3 is 10.1 Å². The summed E-state index contributed by atoms with van der Waals surface area (Å²) in [7, 11) is -1.85. The van der Waals surface area contributed by atoms with Crippen LogP contribution in [0.2, 0.25) is 0 Å². The molecule has 1 amide bonds. The van der Waals surface area contributed by atoms with Gasteiger partial charge in [0.1, 0.15) is 5.75 Å². The van der Waals surface area contributed by atoms with Crippen molar-refractivity contribution in [2.24, 2.45) is 0 Å². The van der Waals surface area contributed by atoms with Crippen LogP contribution in [0.3, 0.4) is 0 Å². The zero-order valence-corrected chi connectivity index (χ0v) is 18.0. The zero-order chi connectivity index (χ0) is 21.5. The molecule has 0 unspecified atom stereocenters. The average molecular weight is 425 g/mol. The van der Waals surface area contributed by atoms with Crippen molar-refractivity contribution in [1.29, 1.82) is 0 Å². The van der Waals surface area contributed by atoms with E-state index in [-0.39, 0.29) is 5.91 Å². The molecular weight excluding hydrogens is 400 g/mol. The van der Waals surface area contributed by atoms with E-state index < -0.39 is 16.1 Å². The molecule has 0 fully saturated rings. The summed E-state index contributed by atoms with van der Waals surface area (Å²) in [4.78, 5) is 12.7. The van der Waals surface area contributed by atoms with E-state index in [9.17, 15) is 13.2 Å². The van der Waals surface area contributed by atoms with E-state index in [2.05, 4.69) is 17.4 Å². The maximum Gasteiger partial charge on any atom is 0.265 e. The molecule has 4 rings (SSSR count). The smallest absolute Gasteiger partial charge is 0.265 e. The van der Waals surface area contributed by atoms with Crippen LogP contribution in [0.5, 0.6) is 5.75 Å². The van der Waals surface area contributed by atoms with E-state index in [0.29, 0.717) is 11.4 Å². The monoisotopic (exact) mass is 424 g/mol. The minimum atomic E-state index is -3.33. The second-order valence-electron chi connectivity index (χ2n) is 7.59. The van der Waals surface area contributed by atoms with Gasteiger partial charge in [0.05, 0.1) is 11.9 Å². The minimum absolute atomic E-state index is 0.244. The van der Waals surface area contributed by atoms with Gasteiger partial charge in [-0.3, -0.25) is 9.10 Å². The van der Waals surface area contributed by atoms with E-state index in [0.717, 1.165) is 30.2 Å². The SMILES string of the molecule is C[C@H](Oc1ccc(N(C)S(C)(=O)=O)cc1)C(=O)Nc1ccc2c3c(cccc13)CC2. The number of hydrogen-bond donors (Lipinski definition) is 1. The summed E-state index contributed by atoms with van der Waals surface area (Å²) in [6, 6.07) is 16.8. The lowest BCUT2D eigenvalue weighted by Gasteiger charge is -2.18. The Hall–Kier alpha value is -3.06. The van der Waals surface area contributed by atoms with Gasteiger partial charge in [0, 0.05) is 18.1 Å². The molecular formula is C23H24N2O4S. The standard InChI is InChI=1S/C23H24N2O4S/c1-15(29-19-12-10-18(11-13-19)25(2)30(3,27)28)23(26)24-21-14-9-17-8-7-16-5-4-6-20(21)22(16)17/h4-6,9-15H,7-8H2,1-3H3,(H,24,26)/t15-/m0/s1. The second kappa shape index (κ2) is 7.65. The first kappa shape index (κ1) is 20.2. The Balaban J connectivity index is 1.47. The number of carbonyl (C=O) groups is 1. The molecule has 0 aliphatic heterocycles. The van der Waals surface area contributed by atoms with Crippen LogP contribution < -0.4 is 14.4 Å². The molecule has 0 aromatic heterocycles. The summed E-state index contributed by atoms with van der Waals surface area (Å²) in [6.45, 7) is 1.69. The molecule has 0 bridgehead atoms. The number of aryl methyl sites for hydroxylation is 2. The fraction of sp³-hybridized carbons (Fsp3) is 0.261. The number of anilines is 2. The predicted octanol–water partition coefficient (Wildman–Crippen LogP) is 3.74. The van der Waals surface area contributed by atoms with Gasteiger partial charge in [-0.15, -0.1) is 0 Å². The fourth-order valence-electron chi connectivity index (χ4n) is 3.77. The lowest BCUT2D eigenvalue weighted by molar-refractivity contribution is -0.122. The van der Waals surface area contributed by atoms with Crippen molar-refractivity contribution in [2.45, 2.75) is 25.9 Å². The van der Waals surface area contributed by atoms with Crippen molar-refractivity contribution in [3.05, 3.63) is 65.7 Å². The average Bonchev–Trinajstić information content (AvgIpc) is 3.14. The van der Waals surface area contributed by atoms with Crippen LogP contribution in [-0.2, 0) is 27.7 Å². The number of ether oxygens (including phenoxy) is 1. The lowest BCUT2D eigenvalue weighted by atomic mass is 10.0. The molecule has 0 radical (unpaired) electrons. The molecule has 0 spiro atoms. The van der Waals surface area contributed by atoms with Crippen molar-refractivity contribution in [3.8, 4) is 5.75 Å². The number of amides is 1. The first-order chi connectivity index (χ1) is 14.2. The number of benzene rings is 3. The highest BCUT2D eigenvalue weighted by Gasteiger charge is 2.20. The maximum absolute atomic E-state index is 12.7. The van der Waals surface area contributed by atoms with Gasteiger partial charge in [0.2, 0.25) is 10.0 Å². The second-order valence-corrected chi connectivity index (χ2v) is 9.60. The largest absolute Gasteiger partial charge is 0.481 e. The van der Waals surface area contributed by atoms with Crippen LogP contribution in [0, 0.1) is 0 Å². The van der Waals surface area contributed by atoms with Crippen molar-refractivity contribution in [1.82, 2.24) is 0 Å². The Morgan fingerprint density at radius 1 is 1.03 bits per heavy atom. The Labute approximate surface area is 176 Å². The summed E-state index contributed by atoms with van der Waals surface area (Å²) in [5.74, 6) is 0.245. The number of hydrogen-bond acceptors (Lipinski definition) is 4. The van der Waals surface area contributed by atoms with Gasteiger partial charge in [-0.05, 0) is 66.6 Å². The number of nitrogens with one attached hydrogen (secondary N) is 1. The summed E-state index contributed by atoms with van der Waals surface area (Å²) < 4.78 is 30.2. The predicted molar refractivity (Wildman–Crippen MR) is 120 cm³/mol. The summed E-state index contributed by atoms with van der Waals surface area (Å²) in [6.07, 6.45) is 2.50. The molecule has 1 aliphatic carbocycles. The van der Waals surface area contributed by atoms with Crippen LogP contribution in [0.4, 0.5) is 11.4 Å². The van der Waals surface area contributed by atoms with Gasteiger partial charge in [-0.1, -0.05) is 24.3 Å². The number of rotatable bonds is 6. The number of nitrogens with zero attached hydrogens (tertiary/aromatic N) is 1. The van der Waals surface area contributed by atoms with Crippen LogP contribution >= 0.6 is 0 Å². The Bertz CT molecular complexity index is 1210. The Morgan fingerprint density at radius 2 is 1.70 bits per heavy atom. The number of sulfonamides is 1. The number of carbonyl (C=O) groups excluding carboxylic acids is 1. The van der Waals surface area contributed by atoms with E-state index in [1.807, 2.05) is 18.2 Å². The Morgan fingerprint density at radius 3 is 2.37 bits per heavy atom. The highest BCUT2D eigenvalue weighted by atomic mass is 32.2. The molecule has 3 aromatic carbocycles. The third-order valence-electron chi connectivity index (χ3n) is 5.51. The van der Waals surface area contributed by atoms with Crippen molar-refractivity contribution in [3.63, 3.8) is 0 Å². The molecule has 1 aliphatic rings. The third-order valence-corrected chi connectivity index (χ3v) is 6.72. The first-order valence-electron chi connectivity index (χ1n) is 9.79.